The van der Waals surface area contributed by atoms with Gasteiger partial charge < -0.3 is 4.98 Å². The van der Waals surface area contributed by atoms with E-state index in [0.717, 1.165) is 10.0 Å². The molecule has 1 aromatic carbocycles. The van der Waals surface area contributed by atoms with Crippen molar-refractivity contribution in [1.82, 2.24) is 10.4 Å². The van der Waals surface area contributed by atoms with Gasteiger partial charge in [0.1, 0.15) is 5.69 Å². The summed E-state index contributed by atoms with van der Waals surface area (Å²) in [7, 11) is 0. The molecule has 2 aromatic rings. The molecule has 2 N–H and O–H groups in total. The lowest BCUT2D eigenvalue weighted by molar-refractivity contribution is 0.0950. The van der Waals surface area contributed by atoms with Crippen molar-refractivity contribution in [3.05, 3.63) is 57.3 Å². The number of halogens is 2. The number of nitrogens with zero attached hydrogens (tertiary/aromatic N) is 1. The van der Waals surface area contributed by atoms with Crippen LogP contribution in [0, 0.1) is 0 Å². The normalized spacial score (nSPS) is 11.4. The van der Waals surface area contributed by atoms with E-state index in [0.29, 0.717) is 16.4 Å². The summed E-state index contributed by atoms with van der Waals surface area (Å²) in [6, 6.07) is 8.97. The molecule has 1 aromatic heterocycles. The summed E-state index contributed by atoms with van der Waals surface area (Å²) >= 11 is 9.16. The van der Waals surface area contributed by atoms with E-state index < -0.39 is 0 Å². The van der Waals surface area contributed by atoms with Gasteiger partial charge in [-0.2, -0.15) is 5.10 Å². The average Bonchev–Trinajstić information content (AvgIpc) is 2.82. The van der Waals surface area contributed by atoms with E-state index in [9.17, 15) is 4.79 Å². The van der Waals surface area contributed by atoms with Crippen LogP contribution < -0.4 is 5.43 Å². The summed E-state index contributed by atoms with van der Waals surface area (Å²) < 4.78 is 0.813. The molecule has 1 heterocycles. The molecule has 0 aliphatic heterocycles. The van der Waals surface area contributed by atoms with E-state index in [1.54, 1.807) is 31.3 Å². The molecule has 6 heteroatoms. The third-order valence-corrected chi connectivity index (χ3v) is 3.15. The number of hydrogen-bond donors (Lipinski definition) is 2. The second-order valence-corrected chi connectivity index (χ2v) is 5.23. The van der Waals surface area contributed by atoms with E-state index in [4.69, 9.17) is 11.6 Å². The number of aromatic nitrogens is 1. The largest absolute Gasteiger partial charge is 0.356 e. The molecule has 19 heavy (non-hydrogen) atoms. The quantitative estimate of drug-likeness (QED) is 0.651. The van der Waals surface area contributed by atoms with E-state index >= 15 is 0 Å². The Kier molecular flexibility index (Phi) is 4.39. The summed E-state index contributed by atoms with van der Waals surface area (Å²) in [6.45, 7) is 1.80. The minimum Gasteiger partial charge on any atom is -0.356 e. The van der Waals surface area contributed by atoms with Gasteiger partial charge in [-0.25, -0.2) is 5.43 Å². The molecular formula is C13H11BrClN3O. The molecule has 0 radical (unpaired) electrons. The monoisotopic (exact) mass is 339 g/mol. The maximum Gasteiger partial charge on any atom is 0.287 e. The van der Waals surface area contributed by atoms with Gasteiger partial charge >= 0.3 is 0 Å². The maximum absolute atomic E-state index is 11.8. The number of aromatic amines is 1. The molecule has 98 valence electrons. The van der Waals surface area contributed by atoms with E-state index in [-0.39, 0.29) is 5.91 Å². The van der Waals surface area contributed by atoms with Crippen LogP contribution in [0.1, 0.15) is 23.0 Å². The van der Waals surface area contributed by atoms with Crippen molar-refractivity contribution >= 4 is 39.1 Å². The number of H-pyrrole nitrogens is 1. The van der Waals surface area contributed by atoms with E-state index in [2.05, 4.69) is 31.4 Å². The first-order valence-electron chi connectivity index (χ1n) is 5.51. The highest BCUT2D eigenvalue weighted by molar-refractivity contribution is 9.10. The number of benzene rings is 1. The van der Waals surface area contributed by atoms with Gasteiger partial charge in [0.25, 0.3) is 5.91 Å². The molecule has 4 nitrogen and oxygen atoms in total. The molecule has 0 aliphatic rings. The first-order chi connectivity index (χ1) is 9.06. The first-order valence-corrected chi connectivity index (χ1v) is 6.68. The highest BCUT2D eigenvalue weighted by Crippen LogP contribution is 2.12. The van der Waals surface area contributed by atoms with E-state index in [1.807, 2.05) is 12.1 Å². The van der Waals surface area contributed by atoms with Crippen molar-refractivity contribution in [1.29, 1.82) is 0 Å². The molecule has 0 unspecified atom stereocenters. The lowest BCUT2D eigenvalue weighted by Crippen LogP contribution is -2.19. The van der Waals surface area contributed by atoms with Gasteiger partial charge in [0.05, 0.1) is 5.71 Å². The lowest BCUT2D eigenvalue weighted by atomic mass is 10.1. The zero-order valence-corrected chi connectivity index (χ0v) is 12.4. The zero-order valence-electron chi connectivity index (χ0n) is 10.1. The molecule has 0 atom stereocenters. The third kappa shape index (κ3) is 3.68. The highest BCUT2D eigenvalue weighted by Gasteiger charge is 2.07. The topological polar surface area (TPSA) is 57.2 Å². The Morgan fingerprint density at radius 2 is 2.21 bits per heavy atom. The van der Waals surface area contributed by atoms with Crippen LogP contribution in [0.2, 0.25) is 5.02 Å². The average molecular weight is 341 g/mol. The van der Waals surface area contributed by atoms with E-state index in [1.165, 1.54) is 0 Å². The van der Waals surface area contributed by atoms with Crippen LogP contribution in [0.15, 0.2) is 46.1 Å². The maximum atomic E-state index is 11.8. The van der Waals surface area contributed by atoms with Gasteiger partial charge in [0, 0.05) is 15.7 Å². The second kappa shape index (κ2) is 6.04. The minimum atomic E-state index is -0.299. The van der Waals surface area contributed by atoms with Crippen molar-refractivity contribution in [2.45, 2.75) is 6.92 Å². The van der Waals surface area contributed by atoms with Gasteiger partial charge in [-0.15, -0.1) is 0 Å². The molecule has 2 rings (SSSR count). The van der Waals surface area contributed by atoms with Crippen molar-refractivity contribution in [3.8, 4) is 0 Å². The number of hydrazone groups is 1. The van der Waals surface area contributed by atoms with Gasteiger partial charge in [-0.1, -0.05) is 23.7 Å². The number of carbonyl (C=O) groups is 1. The Hall–Kier alpha value is -1.59. The first kappa shape index (κ1) is 13.8. The number of carbonyl (C=O) groups excluding carboxylic acids is 1. The summed E-state index contributed by atoms with van der Waals surface area (Å²) in [5.74, 6) is -0.299. The number of hydrogen-bond acceptors (Lipinski definition) is 2. The van der Waals surface area contributed by atoms with Gasteiger partial charge in [-0.05, 0) is 46.6 Å². The smallest absolute Gasteiger partial charge is 0.287 e. The van der Waals surface area contributed by atoms with Crippen molar-refractivity contribution in [2.75, 3.05) is 0 Å². The fourth-order valence-corrected chi connectivity index (χ4v) is 2.01. The molecule has 0 spiro atoms. The fourth-order valence-electron chi connectivity index (χ4n) is 1.47. The molecule has 0 saturated carbocycles. The second-order valence-electron chi connectivity index (χ2n) is 3.88. The summed E-state index contributed by atoms with van der Waals surface area (Å²) in [4.78, 5) is 14.6. The summed E-state index contributed by atoms with van der Waals surface area (Å²) in [6.07, 6.45) is 1.68. The van der Waals surface area contributed by atoms with Crippen LogP contribution >= 0.6 is 27.5 Å². The Bertz CT molecular complexity index is 636. The van der Waals surface area contributed by atoms with Gasteiger partial charge in [0.15, 0.2) is 0 Å². The molecule has 1 amide bonds. The Morgan fingerprint density at radius 3 is 2.84 bits per heavy atom. The lowest BCUT2D eigenvalue weighted by Gasteiger charge is -2.02. The molecule has 0 bridgehead atoms. The molecule has 0 aliphatic carbocycles. The standard InChI is InChI=1S/C13H11BrClN3O/c1-8(9-3-2-4-11(15)5-9)17-18-13(19)12-6-10(14)7-16-12/h2-7,16H,1H3,(H,18,19)/b17-8-. The molecule has 0 saturated heterocycles. The number of nitrogens with one attached hydrogen (secondary N) is 2. The molecule has 0 fully saturated rings. The fraction of sp³-hybridized carbons (Fsp3) is 0.0769. The van der Waals surface area contributed by atoms with Gasteiger partial charge in [-0.3, -0.25) is 4.79 Å². The SMILES string of the molecule is C/C(=N/NC(=O)c1cc(Br)c[nH]1)c1cccc(Cl)c1. The van der Waals surface area contributed by atoms with Crippen molar-refractivity contribution in [3.63, 3.8) is 0 Å². The zero-order chi connectivity index (χ0) is 13.8. The Labute approximate surface area is 124 Å². The Balaban J connectivity index is 2.08. The van der Waals surface area contributed by atoms with Crippen molar-refractivity contribution in [2.24, 2.45) is 5.10 Å². The summed E-state index contributed by atoms with van der Waals surface area (Å²) in [5, 5.41) is 4.68. The van der Waals surface area contributed by atoms with Gasteiger partial charge in [0.2, 0.25) is 0 Å². The predicted molar refractivity (Wildman–Crippen MR) is 79.6 cm³/mol. The number of amides is 1. The van der Waals surface area contributed by atoms with Crippen LogP contribution in [-0.2, 0) is 0 Å². The Morgan fingerprint density at radius 1 is 1.42 bits per heavy atom. The van der Waals surface area contributed by atoms with Crippen LogP contribution in [0.25, 0.3) is 0 Å². The van der Waals surface area contributed by atoms with Crippen molar-refractivity contribution < 1.29 is 4.79 Å². The number of rotatable bonds is 3. The summed E-state index contributed by atoms with van der Waals surface area (Å²) in [5.41, 5.74) is 4.47. The van der Waals surface area contributed by atoms with Crippen LogP contribution in [-0.4, -0.2) is 16.6 Å². The minimum absolute atomic E-state index is 0.299. The highest BCUT2D eigenvalue weighted by atomic mass is 79.9. The van der Waals surface area contributed by atoms with Crippen LogP contribution in [0.5, 0.6) is 0 Å². The molecular weight excluding hydrogens is 330 g/mol. The predicted octanol–water partition coefficient (Wildman–Crippen LogP) is 3.58. The van der Waals surface area contributed by atoms with Crippen LogP contribution in [0.4, 0.5) is 0 Å². The third-order valence-electron chi connectivity index (χ3n) is 2.46. The van der Waals surface area contributed by atoms with Crippen LogP contribution in [0.3, 0.4) is 0 Å².